The van der Waals surface area contributed by atoms with Crippen molar-refractivity contribution in [2.75, 3.05) is 37.7 Å². The number of anilines is 1. The molecule has 2 unspecified atom stereocenters. The van der Waals surface area contributed by atoms with Gasteiger partial charge in [0.1, 0.15) is 11.9 Å². The average Bonchev–Trinajstić information content (AvgIpc) is 3.39. The van der Waals surface area contributed by atoms with Gasteiger partial charge in [-0.05, 0) is 25.1 Å². The van der Waals surface area contributed by atoms with E-state index in [2.05, 4.69) is 20.3 Å². The van der Waals surface area contributed by atoms with Gasteiger partial charge in [-0.15, -0.1) is 0 Å². The number of nitrogens with zero attached hydrogens (tertiary/aromatic N) is 5. The summed E-state index contributed by atoms with van der Waals surface area (Å²) >= 11 is 0. The van der Waals surface area contributed by atoms with Gasteiger partial charge in [0, 0.05) is 57.0 Å². The molecule has 0 aromatic carbocycles. The van der Waals surface area contributed by atoms with Gasteiger partial charge in [-0.25, -0.2) is 9.97 Å². The number of rotatable bonds is 5. The third kappa shape index (κ3) is 4.05. The van der Waals surface area contributed by atoms with Crippen molar-refractivity contribution in [3.63, 3.8) is 0 Å². The van der Waals surface area contributed by atoms with E-state index in [0.717, 1.165) is 54.3 Å². The molecule has 0 spiro atoms. The standard InChI is InChI=1S/C22H26N6O3/c1-14(16-9-21(29)24-12-16)31-22-17-13-27(2)26-19(17)10-18(25-22)15-3-4-20(23-11-15)28-5-7-30-8-6-28/h3-4,10-11,13-14,16H,5-9,12H2,1-2H3,(H,24,29). The van der Waals surface area contributed by atoms with E-state index in [-0.39, 0.29) is 17.9 Å². The Labute approximate surface area is 180 Å². The van der Waals surface area contributed by atoms with E-state index in [9.17, 15) is 4.79 Å². The molecule has 1 amide bonds. The lowest BCUT2D eigenvalue weighted by Gasteiger charge is -2.27. The Kier molecular flexibility index (Phi) is 5.19. The number of aromatic nitrogens is 4. The lowest BCUT2D eigenvalue weighted by atomic mass is 10.0. The van der Waals surface area contributed by atoms with Gasteiger partial charge >= 0.3 is 0 Å². The average molecular weight is 422 g/mol. The van der Waals surface area contributed by atoms with E-state index in [1.165, 1.54) is 0 Å². The minimum atomic E-state index is -0.146. The molecular formula is C22H26N6O3. The van der Waals surface area contributed by atoms with Crippen LogP contribution >= 0.6 is 0 Å². The maximum Gasteiger partial charge on any atom is 0.225 e. The summed E-state index contributed by atoms with van der Waals surface area (Å²) in [4.78, 5) is 23.3. The van der Waals surface area contributed by atoms with Gasteiger partial charge in [0.25, 0.3) is 0 Å². The first-order valence-corrected chi connectivity index (χ1v) is 10.6. The molecule has 2 saturated heterocycles. The lowest BCUT2D eigenvalue weighted by Crippen LogP contribution is -2.36. The molecule has 0 aliphatic carbocycles. The predicted molar refractivity (Wildman–Crippen MR) is 116 cm³/mol. The zero-order valence-corrected chi connectivity index (χ0v) is 17.7. The SMILES string of the molecule is CC(Oc1nc(-c2ccc(N3CCOCC3)nc2)cc2nn(C)cc12)C1CNC(=O)C1. The van der Waals surface area contributed by atoms with Crippen LogP contribution in [-0.2, 0) is 16.6 Å². The molecule has 0 bridgehead atoms. The van der Waals surface area contributed by atoms with Crippen molar-refractivity contribution in [1.29, 1.82) is 0 Å². The van der Waals surface area contributed by atoms with E-state index in [0.29, 0.717) is 18.8 Å². The van der Waals surface area contributed by atoms with Crippen molar-refractivity contribution in [3.05, 3.63) is 30.6 Å². The van der Waals surface area contributed by atoms with Gasteiger partial charge in [0.15, 0.2) is 0 Å². The van der Waals surface area contributed by atoms with Gasteiger partial charge in [0.2, 0.25) is 11.8 Å². The smallest absolute Gasteiger partial charge is 0.225 e. The minimum Gasteiger partial charge on any atom is -0.474 e. The highest BCUT2D eigenvalue weighted by molar-refractivity contribution is 5.86. The highest BCUT2D eigenvalue weighted by Crippen LogP contribution is 2.31. The Morgan fingerprint density at radius 3 is 2.84 bits per heavy atom. The number of morpholine rings is 1. The highest BCUT2D eigenvalue weighted by atomic mass is 16.5. The van der Waals surface area contributed by atoms with Crippen LogP contribution in [0.4, 0.5) is 5.82 Å². The van der Waals surface area contributed by atoms with Crippen LogP contribution in [0.2, 0.25) is 0 Å². The molecule has 162 valence electrons. The molecular weight excluding hydrogens is 396 g/mol. The largest absolute Gasteiger partial charge is 0.474 e. The molecule has 0 saturated carbocycles. The van der Waals surface area contributed by atoms with Crippen LogP contribution in [0.5, 0.6) is 5.88 Å². The molecule has 2 aliphatic rings. The summed E-state index contributed by atoms with van der Waals surface area (Å²) in [7, 11) is 1.88. The van der Waals surface area contributed by atoms with Gasteiger partial charge < -0.3 is 19.7 Å². The van der Waals surface area contributed by atoms with E-state index < -0.39 is 0 Å². The zero-order valence-electron chi connectivity index (χ0n) is 17.7. The maximum atomic E-state index is 11.6. The van der Waals surface area contributed by atoms with Crippen LogP contribution in [0.3, 0.4) is 0 Å². The number of fused-ring (bicyclic) bond motifs is 1. The number of carbonyl (C=O) groups excluding carboxylic acids is 1. The number of aryl methyl sites for hydroxylation is 1. The van der Waals surface area contributed by atoms with E-state index in [1.54, 1.807) is 4.68 Å². The number of hydrogen-bond acceptors (Lipinski definition) is 7. The van der Waals surface area contributed by atoms with Gasteiger partial charge in [0.05, 0.1) is 29.8 Å². The van der Waals surface area contributed by atoms with Crippen molar-refractivity contribution in [1.82, 2.24) is 25.1 Å². The molecule has 1 N–H and O–H groups in total. The van der Waals surface area contributed by atoms with Crippen molar-refractivity contribution in [3.8, 4) is 17.1 Å². The Bertz CT molecular complexity index is 1090. The van der Waals surface area contributed by atoms with Gasteiger partial charge in [-0.1, -0.05) is 0 Å². The summed E-state index contributed by atoms with van der Waals surface area (Å²) in [6, 6.07) is 6.00. The van der Waals surface area contributed by atoms with E-state index in [1.807, 2.05) is 44.6 Å². The number of hydrogen-bond donors (Lipinski definition) is 1. The van der Waals surface area contributed by atoms with Crippen molar-refractivity contribution in [2.24, 2.45) is 13.0 Å². The fourth-order valence-electron chi connectivity index (χ4n) is 4.09. The van der Waals surface area contributed by atoms with Crippen LogP contribution in [0, 0.1) is 5.92 Å². The minimum absolute atomic E-state index is 0.0696. The molecule has 3 aromatic rings. The summed E-state index contributed by atoms with van der Waals surface area (Å²) in [5, 5.41) is 8.28. The highest BCUT2D eigenvalue weighted by Gasteiger charge is 2.29. The first kappa shape index (κ1) is 19.7. The number of nitrogens with one attached hydrogen (secondary N) is 1. The Morgan fingerprint density at radius 1 is 1.29 bits per heavy atom. The second kappa shape index (κ2) is 8.14. The Hall–Kier alpha value is -3.20. The van der Waals surface area contributed by atoms with Gasteiger partial charge in [-0.2, -0.15) is 5.10 Å². The predicted octanol–water partition coefficient (Wildman–Crippen LogP) is 1.77. The summed E-state index contributed by atoms with van der Waals surface area (Å²) in [6.07, 6.45) is 4.08. The quantitative estimate of drug-likeness (QED) is 0.670. The number of carbonyl (C=O) groups is 1. The summed E-state index contributed by atoms with van der Waals surface area (Å²) in [5.74, 6) is 1.67. The first-order chi connectivity index (χ1) is 15.1. The second-order valence-electron chi connectivity index (χ2n) is 8.14. The molecule has 31 heavy (non-hydrogen) atoms. The normalized spacial score (nSPS) is 20.1. The zero-order chi connectivity index (χ0) is 21.4. The Balaban J connectivity index is 1.44. The van der Waals surface area contributed by atoms with Crippen LogP contribution in [0.1, 0.15) is 13.3 Å². The van der Waals surface area contributed by atoms with Crippen molar-refractivity contribution < 1.29 is 14.3 Å². The Morgan fingerprint density at radius 2 is 2.13 bits per heavy atom. The third-order valence-corrected chi connectivity index (χ3v) is 5.93. The molecule has 0 radical (unpaired) electrons. The summed E-state index contributed by atoms with van der Waals surface area (Å²) in [6.45, 7) is 5.76. The molecule has 2 aliphatic heterocycles. The molecule has 2 fully saturated rings. The van der Waals surface area contributed by atoms with E-state index in [4.69, 9.17) is 14.5 Å². The maximum absolute atomic E-state index is 11.6. The third-order valence-electron chi connectivity index (χ3n) is 5.93. The molecule has 5 heterocycles. The molecule has 5 rings (SSSR count). The number of amides is 1. The lowest BCUT2D eigenvalue weighted by molar-refractivity contribution is -0.119. The molecule has 9 nitrogen and oxygen atoms in total. The van der Waals surface area contributed by atoms with Crippen molar-refractivity contribution in [2.45, 2.75) is 19.4 Å². The molecule has 2 atom stereocenters. The summed E-state index contributed by atoms with van der Waals surface area (Å²) in [5.41, 5.74) is 2.47. The van der Waals surface area contributed by atoms with Crippen molar-refractivity contribution >= 4 is 22.6 Å². The molecule has 9 heteroatoms. The van der Waals surface area contributed by atoms with Crippen LogP contribution in [0.15, 0.2) is 30.6 Å². The van der Waals surface area contributed by atoms with Crippen LogP contribution < -0.4 is 15.0 Å². The van der Waals surface area contributed by atoms with Crippen LogP contribution in [0.25, 0.3) is 22.2 Å². The van der Waals surface area contributed by atoms with E-state index >= 15 is 0 Å². The van der Waals surface area contributed by atoms with Gasteiger partial charge in [-0.3, -0.25) is 9.48 Å². The monoisotopic (exact) mass is 422 g/mol. The number of ether oxygens (including phenoxy) is 2. The second-order valence-corrected chi connectivity index (χ2v) is 8.14. The van der Waals surface area contributed by atoms with Crippen LogP contribution in [-0.4, -0.2) is 64.6 Å². The summed E-state index contributed by atoms with van der Waals surface area (Å²) < 4.78 is 13.4. The fraction of sp³-hybridized carbons (Fsp3) is 0.455. The topological polar surface area (TPSA) is 94.4 Å². The number of pyridine rings is 2. The first-order valence-electron chi connectivity index (χ1n) is 10.6. The fourth-order valence-corrected chi connectivity index (χ4v) is 4.09. The molecule has 3 aromatic heterocycles.